The number of carbonyl (C=O) groups is 1. The lowest BCUT2D eigenvalue weighted by atomic mass is 10.3. The number of hydrogen-bond acceptors (Lipinski definition) is 4. The third-order valence-corrected chi connectivity index (χ3v) is 5.68. The molecule has 0 aliphatic heterocycles. The number of halogens is 2. The first kappa shape index (κ1) is 21.0. The summed E-state index contributed by atoms with van der Waals surface area (Å²) in [6, 6.07) is 19.0. The Hall–Kier alpha value is -2.74. The fourth-order valence-corrected chi connectivity index (χ4v) is 3.88. The number of amides is 1. The van der Waals surface area contributed by atoms with Gasteiger partial charge in [0.15, 0.2) is 6.61 Å². The molecule has 0 aliphatic carbocycles. The lowest BCUT2D eigenvalue weighted by molar-refractivity contribution is -0.118. The Bertz CT molecular complexity index is 1110. The summed E-state index contributed by atoms with van der Waals surface area (Å²) in [6.07, 6.45) is 0. The number of benzene rings is 3. The SMILES string of the molecule is O=C(COc1ccc(S(=O)(=O)Nc2ccccc2)cc1)Nc1ccc(Cl)cc1Cl. The van der Waals surface area contributed by atoms with Crippen LogP contribution in [-0.2, 0) is 14.8 Å². The number of anilines is 2. The van der Waals surface area contributed by atoms with Gasteiger partial charge in [0.25, 0.3) is 15.9 Å². The Morgan fingerprint density at radius 2 is 1.62 bits per heavy atom. The predicted molar refractivity (Wildman–Crippen MR) is 114 cm³/mol. The highest BCUT2D eigenvalue weighted by molar-refractivity contribution is 7.92. The molecule has 0 heterocycles. The largest absolute Gasteiger partial charge is 0.484 e. The molecule has 0 aromatic heterocycles. The summed E-state index contributed by atoms with van der Waals surface area (Å²) in [5.41, 5.74) is 0.878. The molecular weight excluding hydrogens is 435 g/mol. The van der Waals surface area contributed by atoms with Crippen molar-refractivity contribution in [2.24, 2.45) is 0 Å². The van der Waals surface area contributed by atoms with Crippen molar-refractivity contribution in [2.45, 2.75) is 4.90 Å². The average molecular weight is 451 g/mol. The van der Waals surface area contributed by atoms with Crippen molar-refractivity contribution in [2.75, 3.05) is 16.6 Å². The van der Waals surface area contributed by atoms with Crippen LogP contribution in [0.2, 0.25) is 10.0 Å². The molecule has 2 N–H and O–H groups in total. The third kappa shape index (κ3) is 5.87. The van der Waals surface area contributed by atoms with Crippen molar-refractivity contribution in [1.82, 2.24) is 0 Å². The van der Waals surface area contributed by atoms with E-state index in [4.69, 9.17) is 27.9 Å². The van der Waals surface area contributed by atoms with Crippen LogP contribution < -0.4 is 14.8 Å². The molecule has 0 atom stereocenters. The Morgan fingerprint density at radius 3 is 2.28 bits per heavy atom. The zero-order chi connectivity index (χ0) is 20.9. The minimum Gasteiger partial charge on any atom is -0.484 e. The van der Waals surface area contributed by atoms with Crippen LogP contribution in [0.5, 0.6) is 5.75 Å². The molecule has 0 bridgehead atoms. The van der Waals surface area contributed by atoms with Gasteiger partial charge in [-0.25, -0.2) is 8.42 Å². The highest BCUT2D eigenvalue weighted by Gasteiger charge is 2.14. The molecule has 0 fully saturated rings. The van der Waals surface area contributed by atoms with Gasteiger partial charge in [-0.3, -0.25) is 9.52 Å². The Morgan fingerprint density at radius 1 is 0.931 bits per heavy atom. The van der Waals surface area contributed by atoms with E-state index in [0.29, 0.717) is 27.2 Å². The molecular formula is C20H16Cl2N2O4S. The van der Waals surface area contributed by atoms with Gasteiger partial charge in [0, 0.05) is 10.7 Å². The molecule has 0 saturated heterocycles. The van der Waals surface area contributed by atoms with Crippen LogP contribution in [0.15, 0.2) is 77.7 Å². The molecule has 3 aromatic rings. The molecule has 150 valence electrons. The van der Waals surface area contributed by atoms with Gasteiger partial charge in [0.05, 0.1) is 15.6 Å². The summed E-state index contributed by atoms with van der Waals surface area (Å²) in [7, 11) is -3.72. The van der Waals surface area contributed by atoms with Gasteiger partial charge in [-0.15, -0.1) is 0 Å². The van der Waals surface area contributed by atoms with Crippen molar-refractivity contribution in [3.63, 3.8) is 0 Å². The number of carbonyl (C=O) groups excluding carboxylic acids is 1. The second-order valence-corrected chi connectivity index (χ2v) is 8.43. The van der Waals surface area contributed by atoms with Gasteiger partial charge < -0.3 is 10.1 Å². The summed E-state index contributed by atoms with van der Waals surface area (Å²) in [6.45, 7) is -0.271. The van der Waals surface area contributed by atoms with Crippen molar-refractivity contribution < 1.29 is 17.9 Å². The first-order valence-electron chi connectivity index (χ1n) is 8.39. The quantitative estimate of drug-likeness (QED) is 0.540. The summed E-state index contributed by atoms with van der Waals surface area (Å²) in [4.78, 5) is 12.1. The molecule has 3 rings (SSSR count). The number of ether oxygens (including phenoxy) is 1. The van der Waals surface area contributed by atoms with E-state index in [1.165, 1.54) is 30.3 Å². The Labute approximate surface area is 178 Å². The number of hydrogen-bond donors (Lipinski definition) is 2. The van der Waals surface area contributed by atoms with Crippen LogP contribution in [0.3, 0.4) is 0 Å². The van der Waals surface area contributed by atoms with Gasteiger partial charge in [-0.2, -0.15) is 0 Å². The highest BCUT2D eigenvalue weighted by atomic mass is 35.5. The lowest BCUT2D eigenvalue weighted by Gasteiger charge is -2.10. The molecule has 6 nitrogen and oxygen atoms in total. The second-order valence-electron chi connectivity index (χ2n) is 5.90. The maximum absolute atomic E-state index is 12.4. The molecule has 1 amide bonds. The summed E-state index contributed by atoms with van der Waals surface area (Å²) in [5.74, 6) is -0.0716. The van der Waals surface area contributed by atoms with E-state index in [9.17, 15) is 13.2 Å². The van der Waals surface area contributed by atoms with Crippen LogP contribution in [0, 0.1) is 0 Å². The Kier molecular flexibility index (Phi) is 6.64. The van der Waals surface area contributed by atoms with Crippen molar-refractivity contribution >= 4 is 50.5 Å². The Balaban J connectivity index is 1.58. The zero-order valence-corrected chi connectivity index (χ0v) is 17.3. The molecule has 0 radical (unpaired) electrons. The number of para-hydroxylation sites is 1. The van der Waals surface area contributed by atoms with Crippen LogP contribution >= 0.6 is 23.2 Å². The summed E-state index contributed by atoms with van der Waals surface area (Å²) < 4.78 is 32.7. The highest BCUT2D eigenvalue weighted by Crippen LogP contribution is 2.25. The van der Waals surface area contributed by atoms with Gasteiger partial charge in [0.2, 0.25) is 0 Å². The van der Waals surface area contributed by atoms with Crippen molar-refractivity contribution in [3.8, 4) is 5.75 Å². The van der Waals surface area contributed by atoms with E-state index in [-0.39, 0.29) is 11.5 Å². The standard InChI is InChI=1S/C20H16Cl2N2O4S/c21-14-6-11-19(18(22)12-14)23-20(25)13-28-16-7-9-17(10-8-16)29(26,27)24-15-4-2-1-3-5-15/h1-12,24H,13H2,(H,23,25). The van der Waals surface area contributed by atoms with Crippen LogP contribution in [0.25, 0.3) is 0 Å². The van der Waals surface area contributed by atoms with Crippen molar-refractivity contribution in [3.05, 3.63) is 82.8 Å². The fourth-order valence-electron chi connectivity index (χ4n) is 2.36. The van der Waals surface area contributed by atoms with E-state index in [1.807, 2.05) is 0 Å². The molecule has 9 heteroatoms. The van der Waals surface area contributed by atoms with Crippen LogP contribution in [0.1, 0.15) is 0 Å². The van der Waals surface area contributed by atoms with Gasteiger partial charge in [-0.05, 0) is 54.6 Å². The van der Waals surface area contributed by atoms with Crippen molar-refractivity contribution in [1.29, 1.82) is 0 Å². The predicted octanol–water partition coefficient (Wildman–Crippen LogP) is 4.81. The zero-order valence-electron chi connectivity index (χ0n) is 14.9. The van der Waals surface area contributed by atoms with Gasteiger partial charge in [-0.1, -0.05) is 41.4 Å². The van der Waals surface area contributed by atoms with E-state index in [2.05, 4.69) is 10.0 Å². The molecule has 0 aliphatic rings. The van der Waals surface area contributed by atoms with Crippen LogP contribution in [0.4, 0.5) is 11.4 Å². The van der Waals surface area contributed by atoms with E-state index in [1.54, 1.807) is 42.5 Å². The van der Waals surface area contributed by atoms with E-state index >= 15 is 0 Å². The minimum atomic E-state index is -3.72. The topological polar surface area (TPSA) is 84.5 Å². The molecule has 0 spiro atoms. The first-order valence-corrected chi connectivity index (χ1v) is 10.6. The number of nitrogens with one attached hydrogen (secondary N) is 2. The smallest absolute Gasteiger partial charge is 0.262 e. The van der Waals surface area contributed by atoms with Gasteiger partial charge >= 0.3 is 0 Å². The van der Waals surface area contributed by atoms with E-state index in [0.717, 1.165) is 0 Å². The van der Waals surface area contributed by atoms with Gasteiger partial charge in [0.1, 0.15) is 5.75 Å². The first-order chi connectivity index (χ1) is 13.8. The third-order valence-electron chi connectivity index (χ3n) is 3.74. The maximum Gasteiger partial charge on any atom is 0.262 e. The van der Waals surface area contributed by atoms with E-state index < -0.39 is 15.9 Å². The molecule has 29 heavy (non-hydrogen) atoms. The van der Waals surface area contributed by atoms with Crippen LogP contribution in [-0.4, -0.2) is 20.9 Å². The minimum absolute atomic E-state index is 0.0751. The summed E-state index contributed by atoms with van der Waals surface area (Å²) >= 11 is 11.8. The normalized spacial score (nSPS) is 11.0. The fraction of sp³-hybridized carbons (Fsp3) is 0.0500. The molecule has 3 aromatic carbocycles. The second kappa shape index (κ2) is 9.17. The monoisotopic (exact) mass is 450 g/mol. The summed E-state index contributed by atoms with van der Waals surface area (Å²) in [5, 5.41) is 3.38. The lowest BCUT2D eigenvalue weighted by Crippen LogP contribution is -2.20. The molecule has 0 unspecified atom stereocenters. The number of rotatable bonds is 7. The molecule has 0 saturated carbocycles. The maximum atomic E-state index is 12.4. The number of sulfonamides is 1. The average Bonchev–Trinajstić information content (AvgIpc) is 2.69.